The van der Waals surface area contributed by atoms with Crippen LogP contribution in [0.2, 0.25) is 0 Å². The molecule has 0 bridgehead atoms. The Labute approximate surface area is 113 Å². The van der Waals surface area contributed by atoms with Crippen molar-refractivity contribution in [2.75, 3.05) is 31.1 Å². The van der Waals surface area contributed by atoms with Crippen LogP contribution in [0.15, 0.2) is 11.6 Å². The van der Waals surface area contributed by atoms with Gasteiger partial charge in [-0.25, -0.2) is 4.98 Å². The van der Waals surface area contributed by atoms with Gasteiger partial charge in [0.05, 0.1) is 0 Å². The van der Waals surface area contributed by atoms with E-state index in [0.29, 0.717) is 6.04 Å². The number of hydrogen-bond donors (Lipinski definition) is 1. The highest BCUT2D eigenvalue weighted by atomic mass is 32.1. The molecular formula is C13H22N4S. The molecule has 1 saturated carbocycles. The molecule has 3 rings (SSSR count). The van der Waals surface area contributed by atoms with Crippen LogP contribution in [0.25, 0.3) is 0 Å². The van der Waals surface area contributed by atoms with Gasteiger partial charge in [0.2, 0.25) is 0 Å². The number of aromatic nitrogens is 1. The molecule has 0 aromatic carbocycles. The normalized spacial score (nSPS) is 30.6. The lowest BCUT2D eigenvalue weighted by molar-refractivity contribution is 0.140. The van der Waals surface area contributed by atoms with Crippen LogP contribution in [0.1, 0.15) is 25.7 Å². The molecule has 1 aliphatic heterocycles. The maximum atomic E-state index is 6.09. The van der Waals surface area contributed by atoms with Crippen LogP contribution in [0.3, 0.4) is 0 Å². The predicted molar refractivity (Wildman–Crippen MR) is 76.1 cm³/mol. The van der Waals surface area contributed by atoms with Crippen LogP contribution in [0, 0.1) is 0 Å². The van der Waals surface area contributed by atoms with E-state index in [0.717, 1.165) is 32.2 Å². The molecule has 100 valence electrons. The van der Waals surface area contributed by atoms with Gasteiger partial charge < -0.3 is 10.6 Å². The summed E-state index contributed by atoms with van der Waals surface area (Å²) < 4.78 is 0. The Morgan fingerprint density at radius 1 is 1.22 bits per heavy atom. The second-order valence-corrected chi connectivity index (χ2v) is 6.29. The van der Waals surface area contributed by atoms with Gasteiger partial charge in [0, 0.05) is 49.8 Å². The van der Waals surface area contributed by atoms with E-state index in [1.807, 2.05) is 6.20 Å². The van der Waals surface area contributed by atoms with E-state index >= 15 is 0 Å². The number of hydrogen-bond acceptors (Lipinski definition) is 5. The third kappa shape index (κ3) is 2.68. The quantitative estimate of drug-likeness (QED) is 0.882. The van der Waals surface area contributed by atoms with Crippen molar-refractivity contribution < 1.29 is 0 Å². The fraction of sp³-hybridized carbons (Fsp3) is 0.769. The zero-order valence-electron chi connectivity index (χ0n) is 10.8. The Balaban J connectivity index is 1.53. The van der Waals surface area contributed by atoms with Crippen LogP contribution in [-0.4, -0.2) is 48.1 Å². The number of rotatable bonds is 2. The first-order valence-corrected chi connectivity index (χ1v) is 7.85. The summed E-state index contributed by atoms with van der Waals surface area (Å²) in [5.74, 6) is 0. The van der Waals surface area contributed by atoms with E-state index in [9.17, 15) is 0 Å². The lowest BCUT2D eigenvalue weighted by atomic mass is 9.90. The van der Waals surface area contributed by atoms with Gasteiger partial charge in [-0.15, -0.1) is 11.3 Å². The van der Waals surface area contributed by atoms with Crippen molar-refractivity contribution >= 4 is 16.5 Å². The van der Waals surface area contributed by atoms with Gasteiger partial charge in [-0.3, -0.25) is 4.90 Å². The minimum atomic E-state index is 0.431. The summed E-state index contributed by atoms with van der Waals surface area (Å²) in [5.41, 5.74) is 6.09. The highest BCUT2D eigenvalue weighted by molar-refractivity contribution is 7.13. The molecule has 1 saturated heterocycles. The first-order chi connectivity index (χ1) is 8.83. The molecule has 18 heavy (non-hydrogen) atoms. The Bertz CT molecular complexity index is 359. The summed E-state index contributed by atoms with van der Waals surface area (Å²) in [6, 6.07) is 1.16. The Hall–Kier alpha value is -0.650. The van der Waals surface area contributed by atoms with Crippen molar-refractivity contribution in [1.82, 2.24) is 9.88 Å². The predicted octanol–water partition coefficient (Wildman–Crippen LogP) is 1.53. The number of nitrogens with zero attached hydrogens (tertiary/aromatic N) is 3. The lowest BCUT2D eigenvalue weighted by Crippen LogP contribution is -2.52. The lowest BCUT2D eigenvalue weighted by Gasteiger charge is -2.41. The summed E-state index contributed by atoms with van der Waals surface area (Å²) in [6.07, 6.45) is 6.95. The van der Waals surface area contributed by atoms with Crippen molar-refractivity contribution in [2.45, 2.75) is 37.8 Å². The Kier molecular flexibility index (Phi) is 3.82. The fourth-order valence-electron chi connectivity index (χ4n) is 3.18. The maximum absolute atomic E-state index is 6.09. The average molecular weight is 266 g/mol. The van der Waals surface area contributed by atoms with Crippen molar-refractivity contribution in [3.63, 3.8) is 0 Å². The Morgan fingerprint density at radius 3 is 2.72 bits per heavy atom. The summed E-state index contributed by atoms with van der Waals surface area (Å²) in [5, 5.41) is 3.23. The average Bonchev–Trinajstić information content (AvgIpc) is 2.93. The smallest absolute Gasteiger partial charge is 0.185 e. The monoisotopic (exact) mass is 266 g/mol. The zero-order valence-corrected chi connectivity index (χ0v) is 11.6. The molecule has 0 radical (unpaired) electrons. The van der Waals surface area contributed by atoms with E-state index < -0.39 is 0 Å². The van der Waals surface area contributed by atoms with Gasteiger partial charge in [-0.05, 0) is 19.3 Å². The van der Waals surface area contributed by atoms with Gasteiger partial charge in [-0.2, -0.15) is 0 Å². The molecule has 0 amide bonds. The van der Waals surface area contributed by atoms with Crippen molar-refractivity contribution in [2.24, 2.45) is 5.73 Å². The van der Waals surface area contributed by atoms with Crippen molar-refractivity contribution in [1.29, 1.82) is 0 Å². The number of anilines is 1. The number of thiazole rings is 1. The SMILES string of the molecule is NC1CCCC(N2CCN(c3nccs3)CC2)C1. The van der Waals surface area contributed by atoms with E-state index in [2.05, 4.69) is 20.2 Å². The highest BCUT2D eigenvalue weighted by Crippen LogP contribution is 2.25. The van der Waals surface area contributed by atoms with E-state index in [1.165, 1.54) is 30.8 Å². The standard InChI is InChI=1S/C13H22N4S/c14-11-2-1-3-12(10-11)16-5-7-17(8-6-16)13-15-4-9-18-13/h4,9,11-12H,1-3,5-8,10,14H2. The summed E-state index contributed by atoms with van der Waals surface area (Å²) in [7, 11) is 0. The second kappa shape index (κ2) is 5.55. The minimum absolute atomic E-state index is 0.431. The molecule has 2 atom stereocenters. The van der Waals surface area contributed by atoms with Gasteiger partial charge in [0.1, 0.15) is 0 Å². The van der Waals surface area contributed by atoms with Crippen molar-refractivity contribution in [3.05, 3.63) is 11.6 Å². The molecule has 0 spiro atoms. The molecule has 1 aromatic rings. The first-order valence-electron chi connectivity index (χ1n) is 6.97. The van der Waals surface area contributed by atoms with E-state index in [1.54, 1.807) is 11.3 Å². The highest BCUT2D eigenvalue weighted by Gasteiger charge is 2.28. The molecule has 2 fully saturated rings. The molecule has 1 aromatic heterocycles. The molecule has 4 nitrogen and oxygen atoms in total. The number of piperazine rings is 1. The van der Waals surface area contributed by atoms with Gasteiger partial charge in [0.15, 0.2) is 5.13 Å². The van der Waals surface area contributed by atoms with Gasteiger partial charge in [0.25, 0.3) is 0 Å². The third-order valence-electron chi connectivity index (χ3n) is 4.21. The summed E-state index contributed by atoms with van der Waals surface area (Å²) in [4.78, 5) is 9.44. The largest absolute Gasteiger partial charge is 0.346 e. The van der Waals surface area contributed by atoms with Crippen LogP contribution in [0.5, 0.6) is 0 Å². The number of nitrogens with two attached hydrogens (primary N) is 1. The molecule has 1 aliphatic carbocycles. The molecule has 2 N–H and O–H groups in total. The van der Waals surface area contributed by atoms with E-state index in [-0.39, 0.29) is 0 Å². The van der Waals surface area contributed by atoms with Crippen LogP contribution >= 0.6 is 11.3 Å². The van der Waals surface area contributed by atoms with E-state index in [4.69, 9.17) is 5.73 Å². The molecule has 5 heteroatoms. The molecular weight excluding hydrogens is 244 g/mol. The van der Waals surface area contributed by atoms with Crippen molar-refractivity contribution in [3.8, 4) is 0 Å². The van der Waals surface area contributed by atoms with Crippen LogP contribution in [-0.2, 0) is 0 Å². The van der Waals surface area contributed by atoms with Crippen LogP contribution < -0.4 is 10.6 Å². The summed E-state index contributed by atoms with van der Waals surface area (Å²) >= 11 is 1.74. The second-order valence-electron chi connectivity index (χ2n) is 5.42. The first kappa shape index (κ1) is 12.4. The fourth-order valence-corrected chi connectivity index (χ4v) is 3.88. The van der Waals surface area contributed by atoms with Gasteiger partial charge in [-0.1, -0.05) is 6.42 Å². The molecule has 2 heterocycles. The molecule has 2 aliphatic rings. The zero-order chi connectivity index (χ0) is 12.4. The van der Waals surface area contributed by atoms with Crippen LogP contribution in [0.4, 0.5) is 5.13 Å². The molecule has 2 unspecified atom stereocenters. The maximum Gasteiger partial charge on any atom is 0.185 e. The topological polar surface area (TPSA) is 45.4 Å². The summed E-state index contributed by atoms with van der Waals surface area (Å²) in [6.45, 7) is 4.55. The third-order valence-corrected chi connectivity index (χ3v) is 5.04. The van der Waals surface area contributed by atoms with Gasteiger partial charge >= 0.3 is 0 Å². The Morgan fingerprint density at radius 2 is 2.06 bits per heavy atom. The minimum Gasteiger partial charge on any atom is -0.346 e.